The van der Waals surface area contributed by atoms with Crippen molar-refractivity contribution in [3.05, 3.63) is 71.3 Å². The summed E-state index contributed by atoms with van der Waals surface area (Å²) in [4.78, 5) is 4.66. The van der Waals surface area contributed by atoms with Crippen LogP contribution in [0.25, 0.3) is 0 Å². The van der Waals surface area contributed by atoms with E-state index in [0.717, 1.165) is 23.2 Å². The molecular weight excluding hydrogens is 505 g/mol. The standard InChI is InChI=1S/C24H35N3O3.HI/c1-4-25-23(27-19-24(3,28)22-12-7-6-8-13-22)26-17-20-10-9-11-21(16-20)18-30-15-14-29-5-2;/h6-13,16,28H,4-5,14-15,17-19H2,1-3H3,(H2,25,26,27);1H. The second-order valence-corrected chi connectivity index (χ2v) is 7.26. The predicted octanol–water partition coefficient (Wildman–Crippen LogP) is 3.82. The van der Waals surface area contributed by atoms with Crippen molar-refractivity contribution in [3.8, 4) is 0 Å². The van der Waals surface area contributed by atoms with E-state index in [-0.39, 0.29) is 24.0 Å². The molecule has 0 heterocycles. The molecule has 0 spiro atoms. The van der Waals surface area contributed by atoms with Gasteiger partial charge in [0.15, 0.2) is 5.96 Å². The zero-order valence-corrected chi connectivity index (χ0v) is 21.1. The number of halogens is 1. The Morgan fingerprint density at radius 1 is 0.968 bits per heavy atom. The van der Waals surface area contributed by atoms with E-state index in [1.807, 2.05) is 50.2 Å². The topological polar surface area (TPSA) is 75.1 Å². The van der Waals surface area contributed by atoms with Crippen molar-refractivity contribution < 1.29 is 14.6 Å². The molecule has 3 N–H and O–H groups in total. The summed E-state index contributed by atoms with van der Waals surface area (Å²) in [6.45, 7) is 9.91. The molecule has 0 saturated carbocycles. The number of rotatable bonds is 12. The van der Waals surface area contributed by atoms with Crippen LogP contribution in [-0.4, -0.2) is 44.0 Å². The number of hydrogen-bond acceptors (Lipinski definition) is 4. The molecular formula is C24H36IN3O3. The molecule has 172 valence electrons. The molecule has 0 fully saturated rings. The van der Waals surface area contributed by atoms with Gasteiger partial charge in [0.1, 0.15) is 5.60 Å². The molecule has 7 heteroatoms. The van der Waals surface area contributed by atoms with Gasteiger partial charge in [-0.25, -0.2) is 4.99 Å². The summed E-state index contributed by atoms with van der Waals surface area (Å²) in [5.74, 6) is 0.673. The Balaban J connectivity index is 0.00000480. The molecule has 0 aliphatic carbocycles. The van der Waals surface area contributed by atoms with Crippen molar-refractivity contribution >= 4 is 29.9 Å². The van der Waals surface area contributed by atoms with Crippen LogP contribution in [0.1, 0.15) is 37.5 Å². The highest BCUT2D eigenvalue weighted by Gasteiger charge is 2.22. The minimum atomic E-state index is -0.990. The third-order valence-corrected chi connectivity index (χ3v) is 4.60. The summed E-state index contributed by atoms with van der Waals surface area (Å²) in [7, 11) is 0. The fourth-order valence-electron chi connectivity index (χ4n) is 2.94. The van der Waals surface area contributed by atoms with Gasteiger partial charge < -0.3 is 25.2 Å². The van der Waals surface area contributed by atoms with Crippen LogP contribution < -0.4 is 10.6 Å². The van der Waals surface area contributed by atoms with E-state index in [2.05, 4.69) is 33.8 Å². The predicted molar refractivity (Wildman–Crippen MR) is 137 cm³/mol. The molecule has 2 aromatic rings. The smallest absolute Gasteiger partial charge is 0.191 e. The van der Waals surface area contributed by atoms with Crippen LogP contribution >= 0.6 is 24.0 Å². The Morgan fingerprint density at radius 3 is 2.39 bits per heavy atom. The van der Waals surface area contributed by atoms with Gasteiger partial charge >= 0.3 is 0 Å². The maximum atomic E-state index is 10.8. The first-order chi connectivity index (χ1) is 14.5. The lowest BCUT2D eigenvalue weighted by molar-refractivity contribution is 0.0453. The first-order valence-corrected chi connectivity index (χ1v) is 10.6. The normalized spacial score (nSPS) is 13.2. The van der Waals surface area contributed by atoms with Crippen molar-refractivity contribution in [2.45, 2.75) is 39.5 Å². The highest BCUT2D eigenvalue weighted by atomic mass is 127. The van der Waals surface area contributed by atoms with Crippen LogP contribution in [0, 0.1) is 0 Å². The SMILES string of the molecule is CCNC(=NCc1cccc(COCCOCC)c1)NCC(C)(O)c1ccccc1.I. The van der Waals surface area contributed by atoms with Crippen molar-refractivity contribution in [1.82, 2.24) is 10.6 Å². The maximum absolute atomic E-state index is 10.8. The Labute approximate surface area is 203 Å². The number of nitrogens with zero attached hydrogens (tertiary/aromatic N) is 1. The first kappa shape index (κ1) is 27.4. The number of hydrogen-bond donors (Lipinski definition) is 3. The van der Waals surface area contributed by atoms with Crippen molar-refractivity contribution in [3.63, 3.8) is 0 Å². The quantitative estimate of drug-likeness (QED) is 0.165. The number of aliphatic imine (C=N–C) groups is 1. The molecule has 0 radical (unpaired) electrons. The summed E-state index contributed by atoms with van der Waals surface area (Å²) >= 11 is 0. The van der Waals surface area contributed by atoms with E-state index >= 15 is 0 Å². The number of aliphatic hydroxyl groups is 1. The van der Waals surface area contributed by atoms with E-state index in [4.69, 9.17) is 9.47 Å². The number of nitrogens with one attached hydrogen (secondary N) is 2. The van der Waals surface area contributed by atoms with Gasteiger partial charge in [0, 0.05) is 13.2 Å². The van der Waals surface area contributed by atoms with Crippen LogP contribution in [0.2, 0.25) is 0 Å². The zero-order valence-electron chi connectivity index (χ0n) is 18.8. The van der Waals surface area contributed by atoms with Crippen LogP contribution in [0.15, 0.2) is 59.6 Å². The average Bonchev–Trinajstić information content (AvgIpc) is 2.76. The molecule has 0 amide bonds. The molecule has 2 rings (SSSR count). The van der Waals surface area contributed by atoms with E-state index in [9.17, 15) is 5.11 Å². The zero-order chi connectivity index (χ0) is 21.7. The summed E-state index contributed by atoms with van der Waals surface area (Å²) in [5.41, 5.74) is 2.10. The molecule has 1 unspecified atom stereocenters. The lowest BCUT2D eigenvalue weighted by Crippen LogP contribution is -2.44. The third kappa shape index (κ3) is 10.5. The van der Waals surface area contributed by atoms with Crippen LogP contribution in [0.4, 0.5) is 0 Å². The van der Waals surface area contributed by atoms with Gasteiger partial charge in [-0.1, -0.05) is 54.6 Å². The Kier molecular flexibility index (Phi) is 13.4. The van der Waals surface area contributed by atoms with E-state index in [1.54, 1.807) is 6.92 Å². The molecule has 31 heavy (non-hydrogen) atoms. The number of guanidine groups is 1. The Bertz CT molecular complexity index is 770. The summed E-state index contributed by atoms with van der Waals surface area (Å²) in [6.07, 6.45) is 0. The molecule has 0 saturated heterocycles. The molecule has 0 aliphatic heterocycles. The van der Waals surface area contributed by atoms with Crippen molar-refractivity contribution in [2.24, 2.45) is 4.99 Å². The fourth-order valence-corrected chi connectivity index (χ4v) is 2.94. The second-order valence-electron chi connectivity index (χ2n) is 7.26. The Hall–Kier alpha value is -1.68. The van der Waals surface area contributed by atoms with Gasteiger partial charge in [-0.15, -0.1) is 24.0 Å². The van der Waals surface area contributed by atoms with Crippen molar-refractivity contribution in [2.75, 3.05) is 32.9 Å². The molecule has 1 atom stereocenters. The van der Waals surface area contributed by atoms with E-state index in [1.165, 1.54) is 0 Å². The molecule has 0 bridgehead atoms. The summed E-state index contributed by atoms with van der Waals surface area (Å²) in [6, 6.07) is 17.9. The third-order valence-electron chi connectivity index (χ3n) is 4.60. The van der Waals surface area contributed by atoms with Gasteiger partial charge in [-0.3, -0.25) is 0 Å². The van der Waals surface area contributed by atoms with Crippen LogP contribution in [-0.2, 0) is 28.2 Å². The van der Waals surface area contributed by atoms with Crippen LogP contribution in [0.5, 0.6) is 0 Å². The monoisotopic (exact) mass is 541 g/mol. The number of benzene rings is 2. The van der Waals surface area contributed by atoms with E-state index in [0.29, 0.717) is 45.5 Å². The largest absolute Gasteiger partial charge is 0.384 e. The molecule has 0 aromatic heterocycles. The maximum Gasteiger partial charge on any atom is 0.191 e. The lowest BCUT2D eigenvalue weighted by Gasteiger charge is -2.25. The summed E-state index contributed by atoms with van der Waals surface area (Å²) in [5, 5.41) is 17.3. The van der Waals surface area contributed by atoms with Gasteiger partial charge in [-0.2, -0.15) is 0 Å². The van der Waals surface area contributed by atoms with E-state index < -0.39 is 5.60 Å². The van der Waals surface area contributed by atoms with Gasteiger partial charge in [-0.05, 0) is 37.5 Å². The Morgan fingerprint density at radius 2 is 1.68 bits per heavy atom. The molecule has 6 nitrogen and oxygen atoms in total. The minimum Gasteiger partial charge on any atom is -0.384 e. The highest BCUT2D eigenvalue weighted by Crippen LogP contribution is 2.18. The number of ether oxygens (including phenoxy) is 2. The highest BCUT2D eigenvalue weighted by molar-refractivity contribution is 14.0. The summed E-state index contributed by atoms with van der Waals surface area (Å²) < 4.78 is 10.9. The second kappa shape index (κ2) is 15.2. The average molecular weight is 541 g/mol. The first-order valence-electron chi connectivity index (χ1n) is 10.6. The van der Waals surface area contributed by atoms with Crippen molar-refractivity contribution in [1.29, 1.82) is 0 Å². The van der Waals surface area contributed by atoms with Gasteiger partial charge in [0.25, 0.3) is 0 Å². The van der Waals surface area contributed by atoms with Gasteiger partial charge in [0.2, 0.25) is 0 Å². The molecule has 0 aliphatic rings. The molecule has 2 aromatic carbocycles. The van der Waals surface area contributed by atoms with Crippen LogP contribution in [0.3, 0.4) is 0 Å². The van der Waals surface area contributed by atoms with Gasteiger partial charge in [0.05, 0.1) is 32.9 Å². The lowest BCUT2D eigenvalue weighted by atomic mass is 9.96. The fraction of sp³-hybridized carbons (Fsp3) is 0.458. The minimum absolute atomic E-state index is 0.